The maximum atomic E-state index is 9.30. The molecule has 0 aliphatic carbocycles. The summed E-state index contributed by atoms with van der Waals surface area (Å²) in [4.78, 5) is 0. The van der Waals surface area contributed by atoms with Crippen LogP contribution >= 0.6 is 24.0 Å². The SMILES string of the molecule is CC(O)Nc1cc(Cl)ccc1/C=N/NC(N)=NN.Cl. The molecule has 0 fully saturated rings. The lowest BCUT2D eigenvalue weighted by Gasteiger charge is -2.12. The summed E-state index contributed by atoms with van der Waals surface area (Å²) in [6.07, 6.45) is 0.790. The lowest BCUT2D eigenvalue weighted by Crippen LogP contribution is -2.28. The van der Waals surface area contributed by atoms with Crippen molar-refractivity contribution in [2.45, 2.75) is 13.2 Å². The molecule has 0 spiro atoms. The second-order valence-corrected chi connectivity index (χ2v) is 3.87. The number of aliphatic hydroxyl groups is 1. The average Bonchev–Trinajstić information content (AvgIpc) is 2.31. The second-order valence-electron chi connectivity index (χ2n) is 3.44. The smallest absolute Gasteiger partial charge is 0.231 e. The summed E-state index contributed by atoms with van der Waals surface area (Å²) in [5.74, 6) is 4.92. The molecule has 0 saturated heterocycles. The van der Waals surface area contributed by atoms with E-state index in [0.29, 0.717) is 10.7 Å². The van der Waals surface area contributed by atoms with Crippen molar-refractivity contribution in [2.75, 3.05) is 5.32 Å². The van der Waals surface area contributed by atoms with Crippen LogP contribution in [0.25, 0.3) is 0 Å². The number of rotatable bonds is 4. The molecule has 0 aliphatic heterocycles. The molecule has 1 unspecified atom stereocenters. The minimum Gasteiger partial charge on any atom is -0.374 e. The fraction of sp³-hybridized carbons (Fsp3) is 0.200. The van der Waals surface area contributed by atoms with Crippen molar-refractivity contribution in [1.29, 1.82) is 0 Å². The molecule has 0 heterocycles. The zero-order valence-electron chi connectivity index (χ0n) is 10.2. The first kappa shape index (κ1) is 17.3. The first-order valence-electron chi connectivity index (χ1n) is 5.09. The largest absolute Gasteiger partial charge is 0.374 e. The monoisotopic (exact) mass is 306 g/mol. The highest BCUT2D eigenvalue weighted by atomic mass is 35.5. The quantitative estimate of drug-likeness (QED) is 0.184. The van der Waals surface area contributed by atoms with E-state index in [1.165, 1.54) is 6.21 Å². The lowest BCUT2D eigenvalue weighted by atomic mass is 10.2. The third kappa shape index (κ3) is 6.14. The van der Waals surface area contributed by atoms with E-state index in [9.17, 15) is 5.11 Å². The number of benzene rings is 1. The molecule has 0 aromatic heterocycles. The van der Waals surface area contributed by atoms with Crippen LogP contribution in [0, 0.1) is 0 Å². The van der Waals surface area contributed by atoms with Crippen molar-refractivity contribution in [1.82, 2.24) is 5.43 Å². The Balaban J connectivity index is 0.00000324. The summed E-state index contributed by atoms with van der Waals surface area (Å²) >= 11 is 5.87. The molecule has 0 bridgehead atoms. The van der Waals surface area contributed by atoms with E-state index in [-0.39, 0.29) is 18.4 Å². The van der Waals surface area contributed by atoms with Gasteiger partial charge in [0.1, 0.15) is 6.23 Å². The molecule has 0 amide bonds. The van der Waals surface area contributed by atoms with Gasteiger partial charge in [-0.3, -0.25) is 0 Å². The van der Waals surface area contributed by atoms with Gasteiger partial charge in [-0.05, 0) is 25.1 Å². The van der Waals surface area contributed by atoms with Gasteiger partial charge in [0.25, 0.3) is 0 Å². The number of hydrazone groups is 2. The van der Waals surface area contributed by atoms with Gasteiger partial charge in [-0.15, -0.1) is 17.5 Å². The summed E-state index contributed by atoms with van der Waals surface area (Å²) < 4.78 is 0. The Labute approximate surface area is 122 Å². The normalized spacial score (nSPS) is 12.9. The van der Waals surface area contributed by atoms with Crippen molar-refractivity contribution < 1.29 is 5.11 Å². The van der Waals surface area contributed by atoms with Gasteiger partial charge in [0, 0.05) is 16.3 Å². The van der Waals surface area contributed by atoms with Crippen LogP contribution < -0.4 is 22.3 Å². The summed E-state index contributed by atoms with van der Waals surface area (Å²) in [5, 5.41) is 19.7. The molecule has 19 heavy (non-hydrogen) atoms. The molecule has 106 valence electrons. The van der Waals surface area contributed by atoms with Gasteiger partial charge in [-0.2, -0.15) is 5.10 Å². The fourth-order valence-electron chi connectivity index (χ4n) is 1.19. The Morgan fingerprint density at radius 3 is 2.79 bits per heavy atom. The molecule has 1 atom stereocenters. The van der Waals surface area contributed by atoms with E-state index in [1.54, 1.807) is 25.1 Å². The average molecular weight is 307 g/mol. The number of aliphatic hydroxyl groups excluding tert-OH is 1. The first-order valence-corrected chi connectivity index (χ1v) is 5.47. The number of nitrogens with one attached hydrogen (secondary N) is 2. The Morgan fingerprint density at radius 2 is 2.21 bits per heavy atom. The molecule has 0 aliphatic rings. The molecule has 1 aromatic carbocycles. The molecular formula is C10H16Cl2N6O. The highest BCUT2D eigenvalue weighted by molar-refractivity contribution is 6.31. The van der Waals surface area contributed by atoms with Crippen LogP contribution in [0.4, 0.5) is 5.69 Å². The van der Waals surface area contributed by atoms with Crippen LogP contribution in [0.3, 0.4) is 0 Å². The van der Waals surface area contributed by atoms with Crippen LogP contribution in [0.5, 0.6) is 0 Å². The minimum atomic E-state index is -0.709. The summed E-state index contributed by atoms with van der Waals surface area (Å²) in [6.45, 7) is 1.60. The van der Waals surface area contributed by atoms with E-state index in [1.807, 2.05) is 0 Å². The van der Waals surface area contributed by atoms with Gasteiger partial charge >= 0.3 is 0 Å². The molecular weight excluding hydrogens is 291 g/mol. The van der Waals surface area contributed by atoms with E-state index in [2.05, 4.69) is 20.9 Å². The predicted molar refractivity (Wildman–Crippen MR) is 80.5 cm³/mol. The molecule has 9 heteroatoms. The number of nitrogens with zero attached hydrogens (tertiary/aromatic N) is 2. The van der Waals surface area contributed by atoms with E-state index in [0.717, 1.165) is 5.56 Å². The van der Waals surface area contributed by atoms with E-state index in [4.69, 9.17) is 23.2 Å². The summed E-state index contributed by atoms with van der Waals surface area (Å²) in [7, 11) is 0. The number of nitrogens with two attached hydrogens (primary N) is 2. The summed E-state index contributed by atoms with van der Waals surface area (Å²) in [6, 6.07) is 5.13. The Hall–Kier alpha value is -1.70. The van der Waals surface area contributed by atoms with Gasteiger partial charge in [-0.25, -0.2) is 5.43 Å². The number of anilines is 1. The third-order valence-electron chi connectivity index (χ3n) is 1.90. The topological polar surface area (TPSA) is 121 Å². The molecule has 7 nitrogen and oxygen atoms in total. The number of hydrogen-bond donors (Lipinski definition) is 5. The number of hydrogen-bond acceptors (Lipinski definition) is 5. The van der Waals surface area contributed by atoms with Gasteiger partial charge in [-0.1, -0.05) is 11.6 Å². The van der Waals surface area contributed by atoms with Crippen molar-refractivity contribution in [3.05, 3.63) is 28.8 Å². The molecule has 1 aromatic rings. The predicted octanol–water partition coefficient (Wildman–Crippen LogP) is 0.624. The molecule has 7 N–H and O–H groups in total. The van der Waals surface area contributed by atoms with Crippen molar-refractivity contribution in [2.24, 2.45) is 21.8 Å². The Morgan fingerprint density at radius 1 is 1.53 bits per heavy atom. The maximum Gasteiger partial charge on any atom is 0.231 e. The zero-order valence-corrected chi connectivity index (χ0v) is 11.7. The van der Waals surface area contributed by atoms with Gasteiger partial charge in [0.05, 0.1) is 6.21 Å². The van der Waals surface area contributed by atoms with Crippen LogP contribution in [0.1, 0.15) is 12.5 Å². The maximum absolute atomic E-state index is 9.30. The zero-order chi connectivity index (χ0) is 13.5. The fourth-order valence-corrected chi connectivity index (χ4v) is 1.36. The Kier molecular flexibility index (Phi) is 7.66. The first-order chi connectivity index (χ1) is 8.52. The molecule has 1 rings (SSSR count). The highest BCUT2D eigenvalue weighted by Crippen LogP contribution is 2.20. The van der Waals surface area contributed by atoms with Gasteiger partial charge in [0.2, 0.25) is 5.96 Å². The summed E-state index contributed by atoms with van der Waals surface area (Å²) in [5.41, 5.74) is 9.09. The number of guanidine groups is 1. The number of halogens is 2. The van der Waals surface area contributed by atoms with Crippen molar-refractivity contribution in [3.8, 4) is 0 Å². The van der Waals surface area contributed by atoms with Crippen LogP contribution in [-0.2, 0) is 0 Å². The van der Waals surface area contributed by atoms with Crippen LogP contribution in [-0.4, -0.2) is 23.5 Å². The molecule has 0 radical (unpaired) electrons. The van der Waals surface area contributed by atoms with Crippen molar-refractivity contribution >= 4 is 41.9 Å². The standard InChI is InChI=1S/C10H15ClN6O.ClH/c1-6(18)15-9-4-8(11)3-2-7(9)5-14-17-10(12)16-13;/h2-6,15,18H,13H2,1H3,(H3,12,16,17);1H/b14-5+;. The highest BCUT2D eigenvalue weighted by Gasteiger charge is 2.03. The lowest BCUT2D eigenvalue weighted by molar-refractivity contribution is 0.224. The van der Waals surface area contributed by atoms with Crippen LogP contribution in [0.15, 0.2) is 28.4 Å². The second kappa shape index (κ2) is 8.41. The Bertz CT molecular complexity index is 463. The van der Waals surface area contributed by atoms with E-state index < -0.39 is 6.23 Å². The van der Waals surface area contributed by atoms with Gasteiger partial charge < -0.3 is 22.0 Å². The van der Waals surface area contributed by atoms with E-state index >= 15 is 0 Å². The third-order valence-corrected chi connectivity index (χ3v) is 2.14. The van der Waals surface area contributed by atoms with Gasteiger partial charge in [0.15, 0.2) is 0 Å². The van der Waals surface area contributed by atoms with Crippen molar-refractivity contribution in [3.63, 3.8) is 0 Å². The minimum absolute atomic E-state index is 0. The molecule has 0 saturated carbocycles. The van der Waals surface area contributed by atoms with Crippen LogP contribution in [0.2, 0.25) is 5.02 Å².